The summed E-state index contributed by atoms with van der Waals surface area (Å²) in [6.07, 6.45) is 6.66. The summed E-state index contributed by atoms with van der Waals surface area (Å²) < 4.78 is 10.5. The van der Waals surface area contributed by atoms with Crippen LogP contribution in [0, 0.1) is 0 Å². The van der Waals surface area contributed by atoms with Gasteiger partial charge >= 0.3 is 0 Å². The number of hydrogen-bond donors (Lipinski definition) is 2. The van der Waals surface area contributed by atoms with Gasteiger partial charge in [0.15, 0.2) is 11.5 Å². The van der Waals surface area contributed by atoms with E-state index in [1.54, 1.807) is 44.8 Å². The molecule has 0 unspecified atom stereocenters. The number of carbonyl (C=O) groups excluding carboxylic acids is 1. The second-order valence-electron chi connectivity index (χ2n) is 5.45. The van der Waals surface area contributed by atoms with Crippen LogP contribution in [0.2, 0.25) is 0 Å². The minimum absolute atomic E-state index is 0.217. The van der Waals surface area contributed by atoms with Crippen LogP contribution in [0.3, 0.4) is 0 Å². The monoisotopic (exact) mass is 349 g/mol. The Kier molecular flexibility index (Phi) is 5.34. The van der Waals surface area contributed by atoms with Gasteiger partial charge in [-0.1, -0.05) is 6.07 Å². The molecule has 0 fully saturated rings. The highest BCUT2D eigenvalue weighted by molar-refractivity contribution is 6.02. The molecule has 0 saturated carbocycles. The molecule has 2 aromatic carbocycles. The first-order chi connectivity index (χ1) is 12.7. The zero-order valence-corrected chi connectivity index (χ0v) is 14.5. The normalized spacial score (nSPS) is 10.7. The van der Waals surface area contributed by atoms with Gasteiger partial charge in [-0.15, -0.1) is 0 Å². The quantitative estimate of drug-likeness (QED) is 0.665. The smallest absolute Gasteiger partial charge is 0.248 e. The first kappa shape index (κ1) is 17.3. The number of nitrogens with zero attached hydrogens (tertiary/aromatic N) is 1. The lowest BCUT2D eigenvalue weighted by Crippen LogP contribution is -2.07. The van der Waals surface area contributed by atoms with E-state index < -0.39 is 0 Å². The van der Waals surface area contributed by atoms with Gasteiger partial charge in [-0.3, -0.25) is 4.79 Å². The van der Waals surface area contributed by atoms with Gasteiger partial charge in [0.05, 0.1) is 14.2 Å². The first-order valence-corrected chi connectivity index (χ1v) is 8.00. The number of methoxy groups -OCH3 is 2. The number of nitrogens with one attached hydrogen (secondary N) is 2. The molecule has 1 amide bonds. The van der Waals surface area contributed by atoms with Crippen molar-refractivity contribution in [1.29, 1.82) is 0 Å². The number of benzene rings is 2. The largest absolute Gasteiger partial charge is 0.493 e. The Labute approximate surface area is 151 Å². The number of hydrogen-bond acceptors (Lipinski definition) is 4. The van der Waals surface area contributed by atoms with Gasteiger partial charge in [0.2, 0.25) is 5.91 Å². The number of amides is 1. The second-order valence-corrected chi connectivity index (χ2v) is 5.45. The third-order valence-corrected chi connectivity index (χ3v) is 3.76. The van der Waals surface area contributed by atoms with Crippen LogP contribution in [0.5, 0.6) is 11.5 Å². The maximum atomic E-state index is 12.1. The lowest BCUT2D eigenvalue weighted by atomic mass is 10.2. The summed E-state index contributed by atoms with van der Waals surface area (Å²) in [5, 5.41) is 2.82. The number of H-pyrrole nitrogens is 1. The summed E-state index contributed by atoms with van der Waals surface area (Å²) in [7, 11) is 3.16. The van der Waals surface area contributed by atoms with Crippen molar-refractivity contribution < 1.29 is 14.3 Å². The van der Waals surface area contributed by atoms with E-state index in [4.69, 9.17) is 9.47 Å². The van der Waals surface area contributed by atoms with Crippen molar-refractivity contribution in [2.24, 2.45) is 0 Å². The van der Waals surface area contributed by atoms with Gasteiger partial charge < -0.3 is 19.8 Å². The molecule has 1 heterocycles. The van der Waals surface area contributed by atoms with Crippen molar-refractivity contribution >= 4 is 17.7 Å². The third-order valence-electron chi connectivity index (χ3n) is 3.76. The van der Waals surface area contributed by atoms with Crippen LogP contribution in [-0.4, -0.2) is 30.1 Å². The summed E-state index contributed by atoms with van der Waals surface area (Å²) in [5.41, 5.74) is 2.50. The summed E-state index contributed by atoms with van der Waals surface area (Å²) in [5.74, 6) is 1.83. The van der Waals surface area contributed by atoms with Crippen molar-refractivity contribution in [3.05, 3.63) is 66.5 Å². The topological polar surface area (TPSA) is 76.2 Å². The molecule has 6 nitrogen and oxygen atoms in total. The second kappa shape index (κ2) is 8.02. The highest BCUT2D eigenvalue weighted by Crippen LogP contribution is 2.28. The van der Waals surface area contributed by atoms with Crippen LogP contribution in [-0.2, 0) is 4.79 Å². The molecular weight excluding hydrogens is 330 g/mol. The van der Waals surface area contributed by atoms with Gasteiger partial charge in [-0.05, 0) is 48.0 Å². The summed E-state index contributed by atoms with van der Waals surface area (Å²) in [6, 6.07) is 12.9. The standard InChI is InChI=1S/C20H19N3O3/c1-25-17-9-3-14(13-18(17)26-2)4-10-19(24)23-16-7-5-15(6-8-16)20-21-11-12-22-20/h3-13H,1-2H3,(H,21,22)(H,23,24)/b10-4+. The average Bonchev–Trinajstić information content (AvgIpc) is 3.21. The van der Waals surface area contributed by atoms with E-state index in [9.17, 15) is 4.79 Å². The van der Waals surface area contributed by atoms with Gasteiger partial charge in [0, 0.05) is 29.7 Å². The summed E-state index contributed by atoms with van der Waals surface area (Å²) >= 11 is 0. The SMILES string of the molecule is COc1ccc(/C=C/C(=O)Nc2ccc(-c3ncc[nH]3)cc2)cc1OC. The van der Waals surface area contributed by atoms with Crippen LogP contribution in [0.4, 0.5) is 5.69 Å². The molecule has 6 heteroatoms. The Balaban J connectivity index is 1.64. The number of ether oxygens (including phenoxy) is 2. The fourth-order valence-corrected chi connectivity index (χ4v) is 2.45. The Hall–Kier alpha value is -3.54. The molecule has 0 aliphatic carbocycles. The van der Waals surface area contributed by atoms with Crippen LogP contribution in [0.15, 0.2) is 60.9 Å². The third kappa shape index (κ3) is 4.10. The maximum Gasteiger partial charge on any atom is 0.248 e. The molecule has 0 bridgehead atoms. The zero-order chi connectivity index (χ0) is 18.4. The predicted molar refractivity (Wildman–Crippen MR) is 101 cm³/mol. The van der Waals surface area contributed by atoms with Gasteiger partial charge in [-0.2, -0.15) is 0 Å². The van der Waals surface area contributed by atoms with Crippen molar-refractivity contribution in [3.63, 3.8) is 0 Å². The number of aromatic amines is 1. The van der Waals surface area contributed by atoms with E-state index in [0.29, 0.717) is 17.2 Å². The molecule has 3 rings (SSSR count). The number of carbonyl (C=O) groups is 1. The van der Waals surface area contributed by atoms with Crippen molar-refractivity contribution in [2.45, 2.75) is 0 Å². The molecule has 26 heavy (non-hydrogen) atoms. The average molecular weight is 349 g/mol. The van der Waals surface area contributed by atoms with E-state index >= 15 is 0 Å². The van der Waals surface area contributed by atoms with Crippen LogP contribution >= 0.6 is 0 Å². The van der Waals surface area contributed by atoms with E-state index in [2.05, 4.69) is 15.3 Å². The van der Waals surface area contributed by atoms with E-state index in [1.807, 2.05) is 30.3 Å². The molecule has 0 spiro atoms. The molecule has 0 radical (unpaired) electrons. The van der Waals surface area contributed by atoms with Crippen molar-refractivity contribution in [2.75, 3.05) is 19.5 Å². The number of aromatic nitrogens is 2. The Morgan fingerprint density at radius 1 is 1.08 bits per heavy atom. The molecule has 0 aliphatic heterocycles. The fourth-order valence-electron chi connectivity index (χ4n) is 2.45. The van der Waals surface area contributed by atoms with Crippen LogP contribution < -0.4 is 14.8 Å². The molecule has 3 aromatic rings. The lowest BCUT2D eigenvalue weighted by Gasteiger charge is -2.07. The lowest BCUT2D eigenvalue weighted by molar-refractivity contribution is -0.111. The molecule has 2 N–H and O–H groups in total. The first-order valence-electron chi connectivity index (χ1n) is 8.00. The zero-order valence-electron chi connectivity index (χ0n) is 14.5. The van der Waals surface area contributed by atoms with Crippen molar-refractivity contribution in [3.8, 4) is 22.9 Å². The van der Waals surface area contributed by atoms with Gasteiger partial charge in [0.25, 0.3) is 0 Å². The van der Waals surface area contributed by atoms with Crippen LogP contribution in [0.25, 0.3) is 17.5 Å². The van der Waals surface area contributed by atoms with E-state index in [0.717, 1.165) is 17.0 Å². The molecule has 0 atom stereocenters. The van der Waals surface area contributed by atoms with Crippen LogP contribution in [0.1, 0.15) is 5.56 Å². The highest BCUT2D eigenvalue weighted by atomic mass is 16.5. The van der Waals surface area contributed by atoms with Gasteiger partial charge in [0.1, 0.15) is 5.82 Å². The number of rotatable bonds is 6. The Morgan fingerprint density at radius 2 is 1.85 bits per heavy atom. The molecule has 0 aliphatic rings. The van der Waals surface area contributed by atoms with E-state index in [-0.39, 0.29) is 5.91 Å². The van der Waals surface area contributed by atoms with E-state index in [1.165, 1.54) is 6.08 Å². The molecule has 0 saturated heterocycles. The Bertz CT molecular complexity index is 901. The highest BCUT2D eigenvalue weighted by Gasteiger charge is 2.04. The summed E-state index contributed by atoms with van der Waals surface area (Å²) in [4.78, 5) is 19.3. The molecule has 132 valence electrons. The molecule has 1 aromatic heterocycles. The summed E-state index contributed by atoms with van der Waals surface area (Å²) in [6.45, 7) is 0. The predicted octanol–water partition coefficient (Wildman–Crippen LogP) is 3.75. The van der Waals surface area contributed by atoms with Crippen molar-refractivity contribution in [1.82, 2.24) is 9.97 Å². The minimum atomic E-state index is -0.217. The fraction of sp³-hybridized carbons (Fsp3) is 0.100. The number of imidazole rings is 1. The maximum absolute atomic E-state index is 12.1. The Morgan fingerprint density at radius 3 is 2.50 bits per heavy atom. The number of anilines is 1. The molecular formula is C20H19N3O3. The van der Waals surface area contributed by atoms with Gasteiger partial charge in [-0.25, -0.2) is 4.98 Å². The minimum Gasteiger partial charge on any atom is -0.493 e.